The first-order chi connectivity index (χ1) is 13.6. The van der Waals surface area contributed by atoms with Gasteiger partial charge in [0.1, 0.15) is 12.1 Å². The van der Waals surface area contributed by atoms with Gasteiger partial charge in [0.05, 0.1) is 0 Å². The van der Waals surface area contributed by atoms with Gasteiger partial charge < -0.3 is 15.0 Å². The topological polar surface area (TPSA) is 32.3 Å². The predicted molar refractivity (Wildman–Crippen MR) is 115 cm³/mol. The second-order valence-corrected chi connectivity index (χ2v) is 7.67. The predicted octanol–water partition coefficient (Wildman–Crippen LogP) is 5.43. The summed E-state index contributed by atoms with van der Waals surface area (Å²) in [4.78, 5) is 13.0. The number of benzene rings is 2. The Morgan fingerprint density at radius 2 is 2.04 bits per heavy atom. The largest absolute Gasteiger partial charge is 0.381 e. The van der Waals surface area contributed by atoms with Gasteiger partial charge in [-0.15, -0.1) is 0 Å². The van der Waals surface area contributed by atoms with E-state index in [9.17, 15) is 9.18 Å². The van der Waals surface area contributed by atoms with Crippen molar-refractivity contribution in [1.29, 1.82) is 0 Å². The molecule has 0 saturated carbocycles. The molecule has 0 saturated heterocycles. The molecule has 28 heavy (non-hydrogen) atoms. The van der Waals surface area contributed by atoms with Gasteiger partial charge in [-0.3, -0.25) is 0 Å². The lowest BCUT2D eigenvalue weighted by molar-refractivity contribution is -0.107. The van der Waals surface area contributed by atoms with Gasteiger partial charge in [0.25, 0.3) is 0 Å². The lowest BCUT2D eigenvalue weighted by Crippen LogP contribution is -2.31. The molecule has 150 valence electrons. The van der Waals surface area contributed by atoms with E-state index in [1.165, 1.54) is 47.7 Å². The van der Waals surface area contributed by atoms with E-state index in [2.05, 4.69) is 36.2 Å². The molecule has 1 aliphatic rings. The zero-order chi connectivity index (χ0) is 19.9. The summed E-state index contributed by atoms with van der Waals surface area (Å²) in [5.41, 5.74) is 6.82. The third-order valence-electron chi connectivity index (χ3n) is 5.67. The second-order valence-electron chi connectivity index (χ2n) is 7.67. The van der Waals surface area contributed by atoms with Crippen LogP contribution in [0.1, 0.15) is 54.9 Å². The molecule has 0 aliphatic carbocycles. The summed E-state index contributed by atoms with van der Waals surface area (Å²) in [5, 5.41) is 3.36. The van der Waals surface area contributed by atoms with Crippen molar-refractivity contribution in [2.75, 3.05) is 23.3 Å². The fourth-order valence-corrected chi connectivity index (χ4v) is 4.05. The molecule has 4 heteroatoms. The normalized spacial score (nSPS) is 13.3. The van der Waals surface area contributed by atoms with Crippen LogP contribution in [0, 0.1) is 12.7 Å². The minimum atomic E-state index is -0.250. The average molecular weight is 383 g/mol. The van der Waals surface area contributed by atoms with Gasteiger partial charge in [0.2, 0.25) is 0 Å². The standard InChI is InChI=1S/C24H31FN2O/c1-3-4-13-27-14-5-7-20-9-10-21(18(2)24(20)27)17-26-22-12-11-19(8-6-15-28)23(25)16-22/h9-12,15-16,26H,3-8,13-14,17H2,1-2H3. The maximum atomic E-state index is 14.2. The van der Waals surface area contributed by atoms with Crippen LogP contribution in [0.3, 0.4) is 0 Å². The van der Waals surface area contributed by atoms with Crippen LogP contribution in [0.2, 0.25) is 0 Å². The van der Waals surface area contributed by atoms with Crippen LogP contribution >= 0.6 is 0 Å². The summed E-state index contributed by atoms with van der Waals surface area (Å²) in [6.07, 6.45) is 6.44. The van der Waals surface area contributed by atoms with E-state index in [1.54, 1.807) is 6.07 Å². The Hall–Kier alpha value is -2.36. The number of rotatable bonds is 9. The molecular formula is C24H31FN2O. The Morgan fingerprint density at radius 3 is 2.79 bits per heavy atom. The van der Waals surface area contributed by atoms with Gasteiger partial charge in [-0.1, -0.05) is 31.5 Å². The molecule has 1 N–H and O–H groups in total. The van der Waals surface area contributed by atoms with Gasteiger partial charge in [-0.25, -0.2) is 4.39 Å². The van der Waals surface area contributed by atoms with E-state index in [0.717, 1.165) is 31.5 Å². The van der Waals surface area contributed by atoms with Crippen molar-refractivity contribution in [3.63, 3.8) is 0 Å². The number of nitrogens with zero attached hydrogens (tertiary/aromatic N) is 1. The molecule has 0 unspecified atom stereocenters. The number of aldehydes is 1. The number of halogens is 1. The number of anilines is 2. The third-order valence-corrected chi connectivity index (χ3v) is 5.67. The lowest BCUT2D eigenvalue weighted by Gasteiger charge is -2.34. The fraction of sp³-hybridized carbons (Fsp3) is 0.458. The number of nitrogens with one attached hydrogen (secondary N) is 1. The third kappa shape index (κ3) is 4.73. The molecule has 0 amide bonds. The van der Waals surface area contributed by atoms with Crippen LogP contribution in [0.5, 0.6) is 0 Å². The monoisotopic (exact) mass is 382 g/mol. The zero-order valence-electron chi connectivity index (χ0n) is 17.1. The lowest BCUT2D eigenvalue weighted by atomic mass is 9.94. The molecule has 0 bridgehead atoms. The minimum Gasteiger partial charge on any atom is -0.381 e. The summed E-state index contributed by atoms with van der Waals surface area (Å²) in [7, 11) is 0. The van der Waals surface area contributed by atoms with E-state index < -0.39 is 0 Å². The minimum absolute atomic E-state index is 0.250. The van der Waals surface area contributed by atoms with Crippen molar-refractivity contribution in [3.05, 3.63) is 58.4 Å². The summed E-state index contributed by atoms with van der Waals surface area (Å²) >= 11 is 0. The van der Waals surface area contributed by atoms with E-state index in [-0.39, 0.29) is 5.82 Å². The van der Waals surface area contributed by atoms with Crippen LogP contribution in [-0.4, -0.2) is 19.4 Å². The average Bonchev–Trinajstić information content (AvgIpc) is 2.71. The van der Waals surface area contributed by atoms with Crippen molar-refractivity contribution >= 4 is 17.7 Å². The Labute approximate surface area is 167 Å². The van der Waals surface area contributed by atoms with Gasteiger partial charge in [-0.05, 0) is 67.0 Å². The summed E-state index contributed by atoms with van der Waals surface area (Å²) in [6.45, 7) is 7.38. The molecule has 0 spiro atoms. The highest BCUT2D eigenvalue weighted by Gasteiger charge is 2.20. The Balaban J connectivity index is 1.73. The maximum absolute atomic E-state index is 14.2. The van der Waals surface area contributed by atoms with Gasteiger partial charge in [-0.2, -0.15) is 0 Å². The van der Waals surface area contributed by atoms with Crippen LogP contribution in [-0.2, 0) is 24.2 Å². The van der Waals surface area contributed by atoms with Crippen LogP contribution < -0.4 is 10.2 Å². The first-order valence-electron chi connectivity index (χ1n) is 10.5. The molecule has 3 nitrogen and oxygen atoms in total. The van der Waals surface area contributed by atoms with Crippen molar-refractivity contribution in [3.8, 4) is 0 Å². The molecule has 0 atom stereocenters. The van der Waals surface area contributed by atoms with Gasteiger partial charge in [0.15, 0.2) is 0 Å². The zero-order valence-corrected chi connectivity index (χ0v) is 17.1. The highest BCUT2D eigenvalue weighted by molar-refractivity contribution is 5.64. The maximum Gasteiger partial charge on any atom is 0.128 e. The van der Waals surface area contributed by atoms with Gasteiger partial charge in [0, 0.05) is 37.4 Å². The van der Waals surface area contributed by atoms with Crippen molar-refractivity contribution in [1.82, 2.24) is 0 Å². The van der Waals surface area contributed by atoms with Crippen LogP contribution in [0.15, 0.2) is 30.3 Å². The molecular weight excluding hydrogens is 351 g/mol. The molecule has 2 aromatic carbocycles. The molecule has 2 aromatic rings. The Kier molecular flexibility index (Phi) is 7.07. The van der Waals surface area contributed by atoms with E-state index >= 15 is 0 Å². The molecule has 0 radical (unpaired) electrons. The quantitative estimate of drug-likeness (QED) is 0.587. The number of aryl methyl sites for hydroxylation is 2. The van der Waals surface area contributed by atoms with Crippen molar-refractivity contribution < 1.29 is 9.18 Å². The summed E-state index contributed by atoms with van der Waals surface area (Å²) in [5.74, 6) is -0.250. The fourth-order valence-electron chi connectivity index (χ4n) is 4.05. The Morgan fingerprint density at radius 1 is 1.21 bits per heavy atom. The number of fused-ring (bicyclic) bond motifs is 1. The first-order valence-corrected chi connectivity index (χ1v) is 10.5. The van der Waals surface area contributed by atoms with E-state index in [1.807, 2.05) is 6.07 Å². The smallest absolute Gasteiger partial charge is 0.128 e. The number of hydrogen-bond donors (Lipinski definition) is 1. The summed E-state index contributed by atoms with van der Waals surface area (Å²) < 4.78 is 14.2. The number of hydrogen-bond acceptors (Lipinski definition) is 3. The van der Waals surface area contributed by atoms with Crippen LogP contribution in [0.4, 0.5) is 15.8 Å². The van der Waals surface area contributed by atoms with Crippen LogP contribution in [0.25, 0.3) is 0 Å². The highest BCUT2D eigenvalue weighted by Crippen LogP contribution is 2.33. The van der Waals surface area contributed by atoms with Gasteiger partial charge >= 0.3 is 0 Å². The number of carbonyl (C=O) groups is 1. The molecule has 0 aromatic heterocycles. The molecule has 1 heterocycles. The SMILES string of the molecule is CCCCN1CCCc2ccc(CNc3ccc(CCC=O)c(F)c3)c(C)c21. The number of carbonyl (C=O) groups excluding carboxylic acids is 1. The Bertz CT molecular complexity index is 818. The second kappa shape index (κ2) is 9.72. The molecule has 0 fully saturated rings. The van der Waals surface area contributed by atoms with Crippen molar-refractivity contribution in [2.45, 2.75) is 58.9 Å². The number of unbranched alkanes of at least 4 members (excludes halogenated alkanes) is 1. The first kappa shape index (κ1) is 20.4. The highest BCUT2D eigenvalue weighted by atomic mass is 19.1. The summed E-state index contributed by atoms with van der Waals surface area (Å²) in [6, 6.07) is 9.67. The molecule has 3 rings (SSSR count). The van der Waals surface area contributed by atoms with E-state index in [4.69, 9.17) is 0 Å². The van der Waals surface area contributed by atoms with E-state index in [0.29, 0.717) is 24.9 Å². The van der Waals surface area contributed by atoms with Crippen molar-refractivity contribution in [2.24, 2.45) is 0 Å². The molecule has 1 aliphatic heterocycles.